The first-order valence-electron chi connectivity index (χ1n) is 6.95. The van der Waals surface area contributed by atoms with Gasteiger partial charge in [0.25, 0.3) is 0 Å². The highest BCUT2D eigenvalue weighted by Crippen LogP contribution is 2.34. The number of rotatable bonds is 5. The second-order valence-corrected chi connectivity index (χ2v) is 5.29. The molecule has 2 amide bonds. The molecule has 3 heterocycles. The maximum atomic E-state index is 11.8. The number of carbonyl (C=O) groups excluding carboxylic acids is 1. The van der Waals surface area contributed by atoms with Gasteiger partial charge in [0, 0.05) is 6.54 Å². The average molecular weight is 295 g/mol. The molecule has 1 aromatic rings. The van der Waals surface area contributed by atoms with Crippen molar-refractivity contribution in [3.8, 4) is 0 Å². The van der Waals surface area contributed by atoms with Crippen LogP contribution in [0.4, 0.5) is 4.79 Å². The first-order chi connectivity index (χ1) is 10.1. The van der Waals surface area contributed by atoms with E-state index in [0.717, 1.165) is 19.3 Å². The summed E-state index contributed by atoms with van der Waals surface area (Å²) >= 11 is 0. The van der Waals surface area contributed by atoms with Gasteiger partial charge in [0.05, 0.1) is 31.0 Å². The van der Waals surface area contributed by atoms with Crippen LogP contribution < -0.4 is 10.6 Å². The topological polar surface area (TPSA) is 118 Å². The number of amides is 2. The van der Waals surface area contributed by atoms with E-state index in [1.807, 2.05) is 0 Å². The Morgan fingerprint density at radius 1 is 1.48 bits per heavy atom. The number of carbonyl (C=O) groups is 2. The van der Waals surface area contributed by atoms with Crippen LogP contribution in [0.25, 0.3) is 0 Å². The fraction of sp³-hybridized carbons (Fsp3) is 0.667. The third-order valence-electron chi connectivity index (χ3n) is 3.81. The van der Waals surface area contributed by atoms with E-state index in [2.05, 4.69) is 20.9 Å². The van der Waals surface area contributed by atoms with Gasteiger partial charge < -0.3 is 20.5 Å². The van der Waals surface area contributed by atoms with Crippen LogP contribution in [0.1, 0.15) is 29.8 Å². The average Bonchev–Trinajstić information content (AvgIpc) is 3.13. The molecule has 9 heteroatoms. The number of aromatic carboxylic acids is 1. The number of ether oxygens (including phenoxy) is 1. The third-order valence-corrected chi connectivity index (χ3v) is 3.81. The zero-order valence-electron chi connectivity index (χ0n) is 11.4. The maximum Gasteiger partial charge on any atom is 0.358 e. The molecular weight excluding hydrogens is 278 g/mol. The molecule has 3 N–H and O–H groups in total. The Morgan fingerprint density at radius 3 is 2.95 bits per heavy atom. The molecule has 2 aliphatic heterocycles. The Balaban J connectivity index is 1.38. The van der Waals surface area contributed by atoms with E-state index >= 15 is 0 Å². The van der Waals surface area contributed by atoms with Crippen molar-refractivity contribution < 1.29 is 19.4 Å². The summed E-state index contributed by atoms with van der Waals surface area (Å²) in [7, 11) is 0. The molecular formula is C12H17N5O4. The Kier molecular flexibility index (Phi) is 3.74. The molecule has 2 aliphatic rings. The number of urea groups is 1. The van der Waals surface area contributed by atoms with E-state index in [1.54, 1.807) is 0 Å². The highest BCUT2D eigenvalue weighted by Gasteiger charge is 2.41. The van der Waals surface area contributed by atoms with Crippen molar-refractivity contribution in [3.05, 3.63) is 11.9 Å². The predicted octanol–water partition coefficient (Wildman–Crippen LogP) is -0.405. The van der Waals surface area contributed by atoms with E-state index in [4.69, 9.17) is 9.84 Å². The Morgan fingerprint density at radius 2 is 2.33 bits per heavy atom. The van der Waals surface area contributed by atoms with Gasteiger partial charge in [0.2, 0.25) is 0 Å². The number of hydrogen-bond donors (Lipinski definition) is 3. The zero-order chi connectivity index (χ0) is 14.8. The van der Waals surface area contributed by atoms with Gasteiger partial charge in [-0.05, 0) is 19.3 Å². The van der Waals surface area contributed by atoms with Crippen LogP contribution in [0.2, 0.25) is 0 Å². The normalized spacial score (nSPS) is 26.8. The largest absolute Gasteiger partial charge is 0.476 e. The van der Waals surface area contributed by atoms with Crippen LogP contribution in [-0.4, -0.2) is 56.9 Å². The lowest BCUT2D eigenvalue weighted by Gasteiger charge is -2.20. The molecule has 1 aromatic heterocycles. The summed E-state index contributed by atoms with van der Waals surface area (Å²) in [6, 6.07) is -0.150. The van der Waals surface area contributed by atoms with E-state index < -0.39 is 5.97 Å². The summed E-state index contributed by atoms with van der Waals surface area (Å²) in [5.74, 6) is -1.12. The number of hydrogen-bond acceptors (Lipinski definition) is 5. The van der Waals surface area contributed by atoms with Crippen LogP contribution in [0.5, 0.6) is 0 Å². The van der Waals surface area contributed by atoms with E-state index in [9.17, 15) is 9.59 Å². The molecule has 3 atom stereocenters. The lowest BCUT2D eigenvalue weighted by molar-refractivity contribution is 0.0690. The van der Waals surface area contributed by atoms with Crippen molar-refractivity contribution >= 4 is 12.0 Å². The zero-order valence-corrected chi connectivity index (χ0v) is 11.4. The second kappa shape index (κ2) is 5.68. The molecule has 0 radical (unpaired) electrons. The van der Waals surface area contributed by atoms with Gasteiger partial charge >= 0.3 is 12.0 Å². The summed E-state index contributed by atoms with van der Waals surface area (Å²) < 4.78 is 7.04. The fourth-order valence-corrected chi connectivity index (χ4v) is 2.80. The van der Waals surface area contributed by atoms with Gasteiger partial charge in [-0.2, -0.15) is 0 Å². The summed E-state index contributed by atoms with van der Waals surface area (Å²) in [6.45, 7) is 0.705. The minimum absolute atomic E-state index is 0.0914. The number of nitrogens with zero attached hydrogens (tertiary/aromatic N) is 3. The SMILES string of the molecule is O=C(NCCn1cc(C(=O)O)nn1)NC1CC2CCC1O2. The Bertz CT molecular complexity index is 546. The summed E-state index contributed by atoms with van der Waals surface area (Å²) in [6.07, 6.45) is 4.74. The van der Waals surface area contributed by atoms with E-state index in [1.165, 1.54) is 10.9 Å². The lowest BCUT2D eigenvalue weighted by atomic mass is 9.96. The van der Waals surface area contributed by atoms with Crippen molar-refractivity contribution in [3.63, 3.8) is 0 Å². The molecule has 114 valence electrons. The van der Waals surface area contributed by atoms with E-state index in [0.29, 0.717) is 19.2 Å². The standard InChI is InChI=1S/C12H17N5O4/c18-11(19)9-6-17(16-15-9)4-3-13-12(20)14-8-5-7-1-2-10(8)21-7/h6-8,10H,1-5H2,(H,18,19)(H2,13,14,20). The monoisotopic (exact) mass is 295 g/mol. The van der Waals surface area contributed by atoms with Crippen LogP contribution in [0, 0.1) is 0 Å². The van der Waals surface area contributed by atoms with Gasteiger partial charge in [-0.25, -0.2) is 14.3 Å². The smallest absolute Gasteiger partial charge is 0.358 e. The van der Waals surface area contributed by atoms with Gasteiger partial charge in [0.15, 0.2) is 5.69 Å². The van der Waals surface area contributed by atoms with Gasteiger partial charge in [-0.1, -0.05) is 5.21 Å². The first kappa shape index (κ1) is 13.8. The van der Waals surface area contributed by atoms with Crippen LogP contribution >= 0.6 is 0 Å². The highest BCUT2D eigenvalue weighted by molar-refractivity contribution is 5.84. The molecule has 0 spiro atoms. The Labute approximate surface area is 120 Å². The summed E-state index contributed by atoms with van der Waals surface area (Å²) in [5.41, 5.74) is -0.112. The molecule has 3 unspecified atom stereocenters. The van der Waals surface area contributed by atoms with Crippen molar-refractivity contribution in [1.29, 1.82) is 0 Å². The summed E-state index contributed by atoms with van der Waals surface area (Å²) in [4.78, 5) is 22.4. The molecule has 0 aromatic carbocycles. The summed E-state index contributed by atoms with van der Waals surface area (Å²) in [5, 5.41) is 21.5. The van der Waals surface area contributed by atoms with Crippen molar-refractivity contribution in [2.24, 2.45) is 0 Å². The minimum Gasteiger partial charge on any atom is -0.476 e. The quantitative estimate of drug-likeness (QED) is 0.680. The number of nitrogens with one attached hydrogen (secondary N) is 2. The van der Waals surface area contributed by atoms with Crippen LogP contribution in [0.3, 0.4) is 0 Å². The first-order valence-corrected chi connectivity index (χ1v) is 6.95. The highest BCUT2D eigenvalue weighted by atomic mass is 16.5. The van der Waals surface area contributed by atoms with Crippen LogP contribution in [0.15, 0.2) is 6.20 Å². The van der Waals surface area contributed by atoms with Crippen LogP contribution in [-0.2, 0) is 11.3 Å². The molecule has 3 rings (SSSR count). The van der Waals surface area contributed by atoms with Gasteiger partial charge in [-0.3, -0.25) is 0 Å². The molecule has 0 saturated carbocycles. The molecule has 2 bridgehead atoms. The van der Waals surface area contributed by atoms with Crippen molar-refractivity contribution in [1.82, 2.24) is 25.6 Å². The van der Waals surface area contributed by atoms with Gasteiger partial charge in [-0.15, -0.1) is 5.10 Å². The number of aromatic nitrogens is 3. The second-order valence-electron chi connectivity index (χ2n) is 5.29. The lowest BCUT2D eigenvalue weighted by Crippen LogP contribution is -2.47. The third kappa shape index (κ3) is 3.13. The molecule has 2 saturated heterocycles. The minimum atomic E-state index is -1.12. The van der Waals surface area contributed by atoms with Gasteiger partial charge in [0.1, 0.15) is 0 Å². The molecule has 21 heavy (non-hydrogen) atoms. The molecule has 0 aliphatic carbocycles. The molecule has 2 fully saturated rings. The van der Waals surface area contributed by atoms with Crippen molar-refractivity contribution in [2.45, 2.75) is 44.1 Å². The fourth-order valence-electron chi connectivity index (χ4n) is 2.80. The number of fused-ring (bicyclic) bond motifs is 2. The predicted molar refractivity (Wildman–Crippen MR) is 69.8 cm³/mol. The number of carboxylic acid groups (broad SMARTS) is 1. The molecule has 9 nitrogen and oxygen atoms in total. The Hall–Kier alpha value is -2.16. The van der Waals surface area contributed by atoms with Crippen molar-refractivity contribution in [2.75, 3.05) is 6.54 Å². The van der Waals surface area contributed by atoms with E-state index in [-0.39, 0.29) is 23.9 Å². The number of carboxylic acids is 1. The maximum absolute atomic E-state index is 11.8.